The molecule has 0 unspecified atom stereocenters. The Morgan fingerprint density at radius 1 is 0.632 bits per heavy atom. The van der Waals surface area contributed by atoms with Crippen molar-refractivity contribution >= 4 is 32.7 Å². The van der Waals surface area contributed by atoms with Crippen LogP contribution in [0.15, 0.2) is 108 Å². The van der Waals surface area contributed by atoms with Crippen molar-refractivity contribution in [3.8, 4) is 22.5 Å². The molecule has 0 saturated carbocycles. The van der Waals surface area contributed by atoms with Gasteiger partial charge in [0.25, 0.3) is 0 Å². The molecule has 0 fully saturated rings. The molecule has 0 atom stereocenters. The summed E-state index contributed by atoms with van der Waals surface area (Å²) >= 11 is 0. The second kappa shape index (κ2) is 11.1. The number of furan rings is 1. The van der Waals surface area contributed by atoms with E-state index in [4.69, 9.17) is 4.42 Å². The van der Waals surface area contributed by atoms with Crippen LogP contribution in [0.3, 0.4) is 0 Å². The van der Waals surface area contributed by atoms with Crippen LogP contribution >= 0.6 is 0 Å². The number of hydrogen-bond donors (Lipinski definition) is 0. The number of benzene rings is 3. The minimum Gasteiger partial charge on any atom is -0.500 e. The molecule has 0 aliphatic rings. The first-order valence-corrected chi connectivity index (χ1v) is 12.1. The largest absolute Gasteiger partial charge is 0.500 e. The zero-order valence-electron chi connectivity index (χ0n) is 20.9. The first-order valence-electron chi connectivity index (χ1n) is 12.1. The van der Waals surface area contributed by atoms with Gasteiger partial charge in [0.15, 0.2) is 0 Å². The maximum atomic E-state index is 6.27. The summed E-state index contributed by atoms with van der Waals surface area (Å²) in [6.45, 7) is 4.06. The molecule has 5 heteroatoms. The minimum atomic E-state index is 0. The van der Waals surface area contributed by atoms with E-state index < -0.39 is 0 Å². The van der Waals surface area contributed by atoms with Crippen LogP contribution in [0.2, 0.25) is 0 Å². The van der Waals surface area contributed by atoms with Gasteiger partial charge in [-0.05, 0) is 47.8 Å². The molecule has 7 aromatic rings. The standard InChI is InChI=1S/C21H13N2O.C12H10N.Ir/c1-13-5-8-19(23-11-13)17-4-2-3-15-16-7-6-14-9-10-22-12-18(14)21(16)24-20(15)17;1-10-7-8-12(13-9-10)11-5-3-2-4-6-11;/h2-3,5-12H,1H3;2-5,7-9H,1H3;/q2*-1;. The number of nitrogens with zero attached hydrogens (tertiary/aromatic N) is 3. The normalized spacial score (nSPS) is 10.7. The molecule has 0 bridgehead atoms. The molecule has 187 valence electrons. The number of aryl methyl sites for hydroxylation is 2. The molecule has 4 nitrogen and oxygen atoms in total. The van der Waals surface area contributed by atoms with Crippen molar-refractivity contribution < 1.29 is 24.5 Å². The smallest absolute Gasteiger partial charge is 0.130 e. The fourth-order valence-corrected chi connectivity index (χ4v) is 4.35. The van der Waals surface area contributed by atoms with E-state index in [9.17, 15) is 0 Å². The van der Waals surface area contributed by atoms with Gasteiger partial charge in [-0.3, -0.25) is 4.98 Å². The molecule has 0 spiro atoms. The van der Waals surface area contributed by atoms with Crippen LogP contribution in [0.1, 0.15) is 11.1 Å². The minimum absolute atomic E-state index is 0. The van der Waals surface area contributed by atoms with Gasteiger partial charge in [-0.1, -0.05) is 47.3 Å². The van der Waals surface area contributed by atoms with E-state index in [2.05, 4.69) is 51.4 Å². The maximum absolute atomic E-state index is 6.27. The fourth-order valence-electron chi connectivity index (χ4n) is 4.35. The Balaban J connectivity index is 0.000000179. The van der Waals surface area contributed by atoms with Crippen molar-refractivity contribution in [3.63, 3.8) is 0 Å². The van der Waals surface area contributed by atoms with Crippen LogP contribution in [-0.2, 0) is 20.1 Å². The monoisotopic (exact) mass is 670 g/mol. The summed E-state index contributed by atoms with van der Waals surface area (Å²) in [6.07, 6.45) is 7.39. The van der Waals surface area contributed by atoms with Crippen molar-refractivity contribution in [2.45, 2.75) is 13.8 Å². The third kappa shape index (κ3) is 4.99. The predicted molar refractivity (Wildman–Crippen MR) is 149 cm³/mol. The Morgan fingerprint density at radius 3 is 2.11 bits per heavy atom. The Hall–Kier alpha value is -4.18. The number of hydrogen-bond acceptors (Lipinski definition) is 4. The third-order valence-corrected chi connectivity index (χ3v) is 6.28. The zero-order chi connectivity index (χ0) is 25.2. The summed E-state index contributed by atoms with van der Waals surface area (Å²) in [5, 5.41) is 4.31. The van der Waals surface area contributed by atoms with E-state index in [1.807, 2.05) is 87.0 Å². The van der Waals surface area contributed by atoms with Gasteiger partial charge in [-0.25, -0.2) is 0 Å². The van der Waals surface area contributed by atoms with Gasteiger partial charge in [-0.15, -0.1) is 54.1 Å². The topological polar surface area (TPSA) is 51.8 Å². The molecule has 3 aromatic carbocycles. The number of pyridine rings is 3. The molecule has 0 aliphatic carbocycles. The van der Waals surface area contributed by atoms with E-state index in [0.29, 0.717) is 0 Å². The van der Waals surface area contributed by atoms with Gasteiger partial charge in [0.2, 0.25) is 0 Å². The molecule has 0 saturated heterocycles. The molecule has 4 aromatic heterocycles. The summed E-state index contributed by atoms with van der Waals surface area (Å²) in [4.78, 5) is 13.1. The van der Waals surface area contributed by atoms with Gasteiger partial charge >= 0.3 is 0 Å². The van der Waals surface area contributed by atoms with Gasteiger partial charge in [0.05, 0.1) is 5.58 Å². The first kappa shape index (κ1) is 25.5. The molecule has 4 heterocycles. The molecular weight excluding hydrogens is 647 g/mol. The van der Waals surface area contributed by atoms with Crippen LogP contribution in [-0.4, -0.2) is 15.0 Å². The Morgan fingerprint density at radius 2 is 1.39 bits per heavy atom. The Labute approximate surface area is 234 Å². The summed E-state index contributed by atoms with van der Waals surface area (Å²) in [7, 11) is 0. The predicted octanol–water partition coefficient (Wildman–Crippen LogP) is 8.16. The van der Waals surface area contributed by atoms with Crippen LogP contribution in [0.4, 0.5) is 0 Å². The third-order valence-electron chi connectivity index (χ3n) is 6.28. The second-order valence-corrected chi connectivity index (χ2v) is 8.95. The second-order valence-electron chi connectivity index (χ2n) is 8.95. The molecule has 38 heavy (non-hydrogen) atoms. The average molecular weight is 670 g/mol. The number of fused-ring (bicyclic) bond motifs is 5. The molecular formula is C33H23IrN3O-2. The summed E-state index contributed by atoms with van der Waals surface area (Å²) in [5.74, 6) is 0. The quantitative estimate of drug-likeness (QED) is 0.174. The van der Waals surface area contributed by atoms with E-state index in [1.54, 1.807) is 6.20 Å². The van der Waals surface area contributed by atoms with Gasteiger partial charge < -0.3 is 14.4 Å². The van der Waals surface area contributed by atoms with Gasteiger partial charge in [0, 0.05) is 55.7 Å². The van der Waals surface area contributed by atoms with E-state index in [1.165, 1.54) is 5.56 Å². The van der Waals surface area contributed by atoms with Crippen molar-refractivity contribution in [1.82, 2.24) is 15.0 Å². The van der Waals surface area contributed by atoms with Crippen LogP contribution in [0.5, 0.6) is 0 Å². The van der Waals surface area contributed by atoms with Crippen molar-refractivity contribution in [1.29, 1.82) is 0 Å². The first-order chi connectivity index (χ1) is 18.2. The summed E-state index contributed by atoms with van der Waals surface area (Å²) in [6, 6.07) is 32.6. The molecule has 0 N–H and O–H groups in total. The zero-order valence-corrected chi connectivity index (χ0v) is 23.3. The van der Waals surface area contributed by atoms with E-state index >= 15 is 0 Å². The fraction of sp³-hybridized carbons (Fsp3) is 0.0606. The maximum Gasteiger partial charge on any atom is 0.130 e. The summed E-state index contributed by atoms with van der Waals surface area (Å²) in [5.41, 5.74) is 7.78. The van der Waals surface area contributed by atoms with Crippen molar-refractivity contribution in [2.24, 2.45) is 0 Å². The number of rotatable bonds is 2. The van der Waals surface area contributed by atoms with Crippen molar-refractivity contribution in [3.05, 3.63) is 127 Å². The van der Waals surface area contributed by atoms with E-state index in [0.717, 1.165) is 60.8 Å². The van der Waals surface area contributed by atoms with Crippen molar-refractivity contribution in [2.75, 3.05) is 0 Å². The Bertz CT molecular complexity index is 1830. The molecule has 7 rings (SSSR count). The SMILES string of the molecule is Cc1ccc(-c2[c-]ccc3c2oc2c4cnccc4ccc32)nc1.Cc1ccc(-c2[c-]cccc2)nc1.[Ir]. The molecule has 0 aliphatic heterocycles. The van der Waals surface area contributed by atoms with Crippen LogP contribution in [0, 0.1) is 26.0 Å². The molecule has 0 amide bonds. The average Bonchev–Trinajstić information content (AvgIpc) is 3.34. The van der Waals surface area contributed by atoms with Crippen LogP contribution < -0.4 is 0 Å². The number of aromatic nitrogens is 3. The Kier molecular flexibility index (Phi) is 7.41. The summed E-state index contributed by atoms with van der Waals surface area (Å²) < 4.78 is 6.27. The van der Waals surface area contributed by atoms with Crippen LogP contribution in [0.25, 0.3) is 55.2 Å². The van der Waals surface area contributed by atoms with Gasteiger partial charge in [0.1, 0.15) is 5.58 Å². The van der Waals surface area contributed by atoms with Gasteiger partial charge in [-0.2, -0.15) is 0 Å². The molecule has 1 radical (unpaired) electrons. The van der Waals surface area contributed by atoms with E-state index in [-0.39, 0.29) is 20.1 Å².